The van der Waals surface area contributed by atoms with Gasteiger partial charge in [-0.15, -0.1) is 0 Å². The molecule has 0 aliphatic rings. The van der Waals surface area contributed by atoms with Gasteiger partial charge in [-0.3, -0.25) is 9.97 Å². The van der Waals surface area contributed by atoms with Gasteiger partial charge in [0.05, 0.1) is 16.7 Å². The summed E-state index contributed by atoms with van der Waals surface area (Å²) in [6.07, 6.45) is 3.47. The highest BCUT2D eigenvalue weighted by Crippen LogP contribution is 2.34. The maximum absolute atomic E-state index is 4.60. The van der Waals surface area contributed by atoms with Gasteiger partial charge in [0.2, 0.25) is 0 Å². The Bertz CT molecular complexity index is 1170. The van der Waals surface area contributed by atoms with E-state index in [0.717, 1.165) is 21.2 Å². The number of para-hydroxylation sites is 2. The van der Waals surface area contributed by atoms with E-state index in [0.29, 0.717) is 0 Å². The van der Waals surface area contributed by atoms with Crippen molar-refractivity contribution in [3.05, 3.63) is 77.5 Å². The molecule has 5 aromatic rings. The summed E-state index contributed by atoms with van der Waals surface area (Å²) in [7, 11) is 0. The molecule has 2 aromatic heterocycles. The Morgan fingerprint density at radius 2 is 1.25 bits per heavy atom. The fraction of sp³-hybridized carbons (Fsp3) is 0. The van der Waals surface area contributed by atoms with Crippen LogP contribution in [0.3, 0.4) is 0 Å². The van der Waals surface area contributed by atoms with Gasteiger partial charge in [-0.2, -0.15) is 0 Å². The van der Waals surface area contributed by atoms with E-state index in [-0.39, 0.29) is 0 Å². The first-order valence-corrected chi connectivity index (χ1v) is 8.52. The molecule has 0 fully saturated rings. The van der Waals surface area contributed by atoms with Crippen LogP contribution >= 0.6 is 15.9 Å². The van der Waals surface area contributed by atoms with Gasteiger partial charge in [-0.1, -0.05) is 36.4 Å². The first kappa shape index (κ1) is 13.7. The molecule has 0 N–H and O–H groups in total. The van der Waals surface area contributed by atoms with Gasteiger partial charge in [-0.25, -0.2) is 0 Å². The molecule has 0 aliphatic heterocycles. The van der Waals surface area contributed by atoms with E-state index in [1.54, 1.807) is 12.4 Å². The summed E-state index contributed by atoms with van der Waals surface area (Å²) in [5.41, 5.74) is 5.15. The number of benzene rings is 3. The Labute approximate surface area is 146 Å². The molecule has 0 bridgehead atoms. The summed E-state index contributed by atoms with van der Waals surface area (Å²) in [5.74, 6) is 0. The van der Waals surface area contributed by atoms with Crippen molar-refractivity contribution < 1.29 is 0 Å². The van der Waals surface area contributed by atoms with Gasteiger partial charge in [0, 0.05) is 27.6 Å². The number of hydrogen-bond acceptors (Lipinski definition) is 2. The minimum Gasteiger partial charge on any atom is -0.307 e. The Hall–Kier alpha value is -2.72. The largest absolute Gasteiger partial charge is 0.307 e. The molecule has 5 rings (SSSR count). The number of nitrogens with zero attached hydrogens (tertiary/aromatic N) is 3. The van der Waals surface area contributed by atoms with Gasteiger partial charge in [0.25, 0.3) is 0 Å². The number of rotatable bonds is 1. The van der Waals surface area contributed by atoms with E-state index in [4.69, 9.17) is 0 Å². The molecule has 0 aliphatic carbocycles. The van der Waals surface area contributed by atoms with Crippen LogP contribution in [-0.4, -0.2) is 14.5 Å². The predicted molar refractivity (Wildman–Crippen MR) is 102 cm³/mol. The average Bonchev–Trinajstić information content (AvgIpc) is 2.97. The van der Waals surface area contributed by atoms with Crippen molar-refractivity contribution in [2.24, 2.45) is 0 Å². The number of fused-ring (bicyclic) bond motifs is 4. The molecular formula is C20H12BrN3. The zero-order chi connectivity index (χ0) is 16.1. The van der Waals surface area contributed by atoms with Crippen molar-refractivity contribution in [1.29, 1.82) is 0 Å². The topological polar surface area (TPSA) is 30.7 Å². The molecule has 0 radical (unpaired) electrons. The fourth-order valence-electron chi connectivity index (χ4n) is 3.37. The van der Waals surface area contributed by atoms with Crippen molar-refractivity contribution in [3.63, 3.8) is 0 Å². The van der Waals surface area contributed by atoms with Crippen LogP contribution in [0, 0.1) is 0 Å². The van der Waals surface area contributed by atoms with E-state index in [1.807, 2.05) is 6.07 Å². The second-order valence-electron chi connectivity index (χ2n) is 5.69. The summed E-state index contributed by atoms with van der Waals surface area (Å²) in [6, 6.07) is 21.1. The molecule has 2 heterocycles. The van der Waals surface area contributed by atoms with Crippen molar-refractivity contribution in [2.45, 2.75) is 0 Å². The van der Waals surface area contributed by atoms with Gasteiger partial charge in [0.15, 0.2) is 0 Å². The smallest absolute Gasteiger partial charge is 0.114 e. The fourth-order valence-corrected chi connectivity index (χ4v) is 3.80. The predicted octanol–water partition coefficient (Wildman–Crippen LogP) is 5.49. The summed E-state index contributed by atoms with van der Waals surface area (Å²) in [6.45, 7) is 0. The highest BCUT2D eigenvalue weighted by Gasteiger charge is 2.15. The lowest BCUT2D eigenvalue weighted by Gasteiger charge is -2.11. The average molecular weight is 374 g/mol. The zero-order valence-corrected chi connectivity index (χ0v) is 14.2. The van der Waals surface area contributed by atoms with Crippen LogP contribution in [0.15, 0.2) is 77.5 Å². The highest BCUT2D eigenvalue weighted by molar-refractivity contribution is 9.10. The lowest BCUT2D eigenvalue weighted by atomic mass is 10.2. The lowest BCUT2D eigenvalue weighted by molar-refractivity contribution is 1.17. The van der Waals surface area contributed by atoms with E-state index >= 15 is 0 Å². The Morgan fingerprint density at radius 1 is 0.667 bits per heavy atom. The van der Waals surface area contributed by atoms with E-state index in [1.165, 1.54) is 21.8 Å². The van der Waals surface area contributed by atoms with E-state index in [9.17, 15) is 0 Å². The van der Waals surface area contributed by atoms with Crippen LogP contribution in [0.25, 0.3) is 38.5 Å². The minimum atomic E-state index is 0.872. The monoisotopic (exact) mass is 373 g/mol. The number of aromatic nitrogens is 3. The van der Waals surface area contributed by atoms with Crippen LogP contribution in [0.4, 0.5) is 0 Å². The molecule has 24 heavy (non-hydrogen) atoms. The van der Waals surface area contributed by atoms with Gasteiger partial charge >= 0.3 is 0 Å². The summed E-state index contributed by atoms with van der Waals surface area (Å²) < 4.78 is 3.23. The third kappa shape index (κ3) is 1.83. The molecule has 4 heteroatoms. The molecular weight excluding hydrogens is 362 g/mol. The van der Waals surface area contributed by atoms with Crippen molar-refractivity contribution in [2.75, 3.05) is 0 Å². The molecule has 3 nitrogen and oxygen atoms in total. The van der Waals surface area contributed by atoms with Crippen LogP contribution in [-0.2, 0) is 0 Å². The molecule has 0 saturated carbocycles. The molecule has 3 aromatic carbocycles. The maximum atomic E-state index is 4.60. The summed E-state index contributed by atoms with van der Waals surface area (Å²) in [5, 5.41) is 2.49. The summed E-state index contributed by atoms with van der Waals surface area (Å²) >= 11 is 3.58. The van der Waals surface area contributed by atoms with Crippen molar-refractivity contribution in [1.82, 2.24) is 14.5 Å². The van der Waals surface area contributed by atoms with Crippen LogP contribution in [0.2, 0.25) is 0 Å². The molecule has 0 atom stereocenters. The first-order chi connectivity index (χ1) is 11.8. The molecule has 0 unspecified atom stereocenters. The molecule has 0 spiro atoms. The van der Waals surface area contributed by atoms with E-state index in [2.05, 4.69) is 85.1 Å². The molecule has 0 saturated heterocycles. The standard InChI is InChI=1S/C20H12BrN3/c21-15-9-10-18(20-19(15)22-11-12-23-20)24-16-7-3-1-5-13(16)14-6-2-4-8-17(14)24/h1-12H. The second kappa shape index (κ2) is 5.14. The Kier molecular flexibility index (Phi) is 2.94. The van der Waals surface area contributed by atoms with Crippen LogP contribution < -0.4 is 0 Å². The van der Waals surface area contributed by atoms with Crippen molar-refractivity contribution >= 4 is 48.8 Å². The quantitative estimate of drug-likeness (QED) is 0.389. The van der Waals surface area contributed by atoms with E-state index < -0.39 is 0 Å². The zero-order valence-electron chi connectivity index (χ0n) is 12.6. The first-order valence-electron chi connectivity index (χ1n) is 7.72. The van der Waals surface area contributed by atoms with Gasteiger partial charge in [0.1, 0.15) is 11.0 Å². The van der Waals surface area contributed by atoms with Crippen molar-refractivity contribution in [3.8, 4) is 5.69 Å². The summed E-state index contributed by atoms with van der Waals surface area (Å²) in [4.78, 5) is 9.09. The third-order valence-electron chi connectivity index (χ3n) is 4.38. The second-order valence-corrected chi connectivity index (χ2v) is 6.54. The molecule has 114 valence electrons. The Morgan fingerprint density at radius 3 is 1.92 bits per heavy atom. The highest BCUT2D eigenvalue weighted by atomic mass is 79.9. The van der Waals surface area contributed by atoms with Crippen LogP contribution in [0.5, 0.6) is 0 Å². The minimum absolute atomic E-state index is 0.872. The number of hydrogen-bond donors (Lipinski definition) is 0. The Balaban J connectivity index is 2.02. The lowest BCUT2D eigenvalue weighted by Crippen LogP contribution is -1.97. The molecule has 0 amide bonds. The normalized spacial score (nSPS) is 11.5. The third-order valence-corrected chi connectivity index (χ3v) is 5.02. The number of halogens is 1. The van der Waals surface area contributed by atoms with Crippen LogP contribution in [0.1, 0.15) is 0 Å². The van der Waals surface area contributed by atoms with Gasteiger partial charge < -0.3 is 4.57 Å². The van der Waals surface area contributed by atoms with Gasteiger partial charge in [-0.05, 0) is 40.2 Å². The maximum Gasteiger partial charge on any atom is 0.114 e. The SMILES string of the molecule is Brc1ccc(-n2c3ccccc3c3ccccc32)c2nccnc12.